The molecule has 0 aliphatic carbocycles. The van der Waals surface area contributed by atoms with Crippen molar-refractivity contribution in [1.82, 2.24) is 10.2 Å². The van der Waals surface area contributed by atoms with Crippen LogP contribution in [0.15, 0.2) is 72.8 Å². The summed E-state index contributed by atoms with van der Waals surface area (Å²) in [5.74, 6) is 0.0621. The molecule has 0 bridgehead atoms. The maximum absolute atomic E-state index is 13.3. The lowest BCUT2D eigenvalue weighted by Crippen LogP contribution is -2.36. The van der Waals surface area contributed by atoms with Crippen LogP contribution in [0.1, 0.15) is 34.3 Å². The van der Waals surface area contributed by atoms with E-state index in [-0.39, 0.29) is 24.3 Å². The van der Waals surface area contributed by atoms with E-state index in [1.807, 2.05) is 18.2 Å². The highest BCUT2D eigenvalue weighted by molar-refractivity contribution is 6.02. The average molecular weight is 489 g/mol. The molecule has 0 saturated carbocycles. The van der Waals surface area contributed by atoms with Gasteiger partial charge in [0.05, 0.1) is 5.56 Å². The van der Waals surface area contributed by atoms with E-state index in [1.54, 1.807) is 32.3 Å². The molecule has 7 heteroatoms. The summed E-state index contributed by atoms with van der Waals surface area (Å²) in [5, 5.41) is 5.78. The third-order valence-electron chi connectivity index (χ3n) is 6.59. The monoisotopic (exact) mass is 488 g/mol. The van der Waals surface area contributed by atoms with E-state index >= 15 is 0 Å². The highest BCUT2D eigenvalue weighted by Crippen LogP contribution is 2.30. The third kappa shape index (κ3) is 6.62. The van der Waals surface area contributed by atoms with Gasteiger partial charge in [-0.25, -0.2) is 9.18 Å². The lowest BCUT2D eigenvalue weighted by atomic mass is 9.89. The fraction of sp³-hybridized carbons (Fsp3) is 0.310. The minimum atomic E-state index is -0.313. The Morgan fingerprint density at radius 1 is 0.944 bits per heavy atom. The Morgan fingerprint density at radius 2 is 1.64 bits per heavy atom. The Morgan fingerprint density at radius 3 is 2.31 bits per heavy atom. The Balaban J connectivity index is 1.49. The number of urea groups is 1. The molecule has 6 nitrogen and oxygen atoms in total. The molecular formula is C29H33FN4O2. The van der Waals surface area contributed by atoms with Crippen molar-refractivity contribution in [2.75, 3.05) is 37.4 Å². The summed E-state index contributed by atoms with van der Waals surface area (Å²) >= 11 is 0. The first-order chi connectivity index (χ1) is 17.4. The molecule has 2 N–H and O–H groups in total. The molecule has 1 aliphatic rings. The van der Waals surface area contributed by atoms with Crippen LogP contribution in [0.5, 0.6) is 0 Å². The predicted molar refractivity (Wildman–Crippen MR) is 142 cm³/mol. The van der Waals surface area contributed by atoms with Gasteiger partial charge in [-0.15, -0.1) is 0 Å². The summed E-state index contributed by atoms with van der Waals surface area (Å²) in [7, 11) is 3.33. The van der Waals surface area contributed by atoms with Crippen LogP contribution in [0.4, 0.5) is 20.6 Å². The number of hydrogen-bond acceptors (Lipinski definition) is 3. The molecule has 0 atom stereocenters. The second-order valence-corrected chi connectivity index (χ2v) is 9.49. The van der Waals surface area contributed by atoms with E-state index in [0.717, 1.165) is 43.6 Å². The smallest absolute Gasteiger partial charge is 0.321 e. The van der Waals surface area contributed by atoms with Gasteiger partial charge < -0.3 is 20.4 Å². The van der Waals surface area contributed by atoms with Crippen molar-refractivity contribution in [3.8, 4) is 0 Å². The Labute approximate surface area is 212 Å². The van der Waals surface area contributed by atoms with Crippen molar-refractivity contribution in [3.63, 3.8) is 0 Å². The first kappa shape index (κ1) is 25.2. The molecule has 3 amide bonds. The van der Waals surface area contributed by atoms with E-state index in [9.17, 15) is 14.0 Å². The fourth-order valence-corrected chi connectivity index (χ4v) is 4.51. The van der Waals surface area contributed by atoms with E-state index in [1.165, 1.54) is 22.6 Å². The van der Waals surface area contributed by atoms with Crippen LogP contribution in [-0.4, -0.2) is 44.0 Å². The summed E-state index contributed by atoms with van der Waals surface area (Å²) in [6.45, 7) is 2.00. The summed E-state index contributed by atoms with van der Waals surface area (Å²) in [5.41, 5.74) is 4.09. The molecule has 3 aromatic rings. The SMILES string of the molecule is CN(C)C(=O)Nc1ccc(N2CCC(Cc3ccccc3)CC2)c(C(=O)NCc2ccc(F)cc2)c1. The van der Waals surface area contributed by atoms with Crippen LogP contribution in [-0.2, 0) is 13.0 Å². The number of amides is 3. The summed E-state index contributed by atoms with van der Waals surface area (Å²) in [6, 6.07) is 21.8. The van der Waals surface area contributed by atoms with Gasteiger partial charge >= 0.3 is 6.03 Å². The summed E-state index contributed by atoms with van der Waals surface area (Å²) < 4.78 is 13.2. The Hall–Kier alpha value is -3.87. The number of nitrogens with one attached hydrogen (secondary N) is 2. The Bertz CT molecular complexity index is 1170. The standard InChI is InChI=1S/C29H33FN4O2/c1-33(2)29(36)32-25-12-13-27(26(19-25)28(35)31-20-23-8-10-24(30)11-9-23)34-16-14-22(15-17-34)18-21-6-4-3-5-7-21/h3-13,19,22H,14-18,20H2,1-2H3,(H,31,35)(H,32,36). The van der Waals surface area contributed by atoms with E-state index in [0.29, 0.717) is 17.2 Å². The van der Waals surface area contributed by atoms with Crippen molar-refractivity contribution in [2.45, 2.75) is 25.8 Å². The molecule has 188 valence electrons. The summed E-state index contributed by atoms with van der Waals surface area (Å²) in [4.78, 5) is 29.2. The number of benzene rings is 3. The van der Waals surface area contributed by atoms with Crippen molar-refractivity contribution in [2.24, 2.45) is 5.92 Å². The van der Waals surface area contributed by atoms with Crippen molar-refractivity contribution in [3.05, 3.63) is 95.3 Å². The number of rotatable bonds is 7. The van der Waals surface area contributed by atoms with Crippen LogP contribution in [0.25, 0.3) is 0 Å². The zero-order valence-electron chi connectivity index (χ0n) is 20.8. The second kappa shape index (κ2) is 11.7. The number of carbonyl (C=O) groups excluding carboxylic acids is 2. The molecule has 1 fully saturated rings. The molecule has 1 aliphatic heterocycles. The number of nitrogens with zero attached hydrogens (tertiary/aromatic N) is 2. The largest absolute Gasteiger partial charge is 0.371 e. The molecule has 0 unspecified atom stereocenters. The number of hydrogen-bond donors (Lipinski definition) is 2. The number of halogens is 1. The molecule has 0 aromatic heterocycles. The van der Waals surface area contributed by atoms with Gasteiger partial charge in [-0.2, -0.15) is 0 Å². The lowest BCUT2D eigenvalue weighted by Gasteiger charge is -2.35. The maximum Gasteiger partial charge on any atom is 0.321 e. The van der Waals surface area contributed by atoms with Crippen molar-refractivity contribution < 1.29 is 14.0 Å². The highest BCUT2D eigenvalue weighted by atomic mass is 19.1. The lowest BCUT2D eigenvalue weighted by molar-refractivity contribution is 0.0951. The molecule has 0 spiro atoms. The van der Waals surface area contributed by atoms with E-state index in [4.69, 9.17) is 0 Å². The van der Waals surface area contributed by atoms with Gasteiger partial charge in [-0.3, -0.25) is 4.79 Å². The van der Waals surface area contributed by atoms with Crippen molar-refractivity contribution in [1.29, 1.82) is 0 Å². The van der Waals surface area contributed by atoms with Crippen LogP contribution >= 0.6 is 0 Å². The maximum atomic E-state index is 13.3. The molecule has 3 aromatic carbocycles. The van der Waals surface area contributed by atoms with Gasteiger partial charge in [0.2, 0.25) is 0 Å². The van der Waals surface area contributed by atoms with Crippen LogP contribution in [0.3, 0.4) is 0 Å². The topological polar surface area (TPSA) is 64.7 Å². The molecule has 0 radical (unpaired) electrons. The van der Waals surface area contributed by atoms with Gasteiger partial charge in [-0.05, 0) is 66.6 Å². The van der Waals surface area contributed by atoms with Gasteiger partial charge in [0.15, 0.2) is 0 Å². The van der Waals surface area contributed by atoms with Crippen molar-refractivity contribution >= 4 is 23.3 Å². The normalized spacial score (nSPS) is 13.8. The number of piperidine rings is 1. The van der Waals surface area contributed by atoms with Gasteiger partial charge in [0, 0.05) is 45.1 Å². The zero-order chi connectivity index (χ0) is 25.5. The zero-order valence-corrected chi connectivity index (χ0v) is 20.8. The first-order valence-corrected chi connectivity index (χ1v) is 12.3. The fourth-order valence-electron chi connectivity index (χ4n) is 4.51. The van der Waals surface area contributed by atoms with Gasteiger partial charge in [0.25, 0.3) is 5.91 Å². The van der Waals surface area contributed by atoms with Gasteiger partial charge in [-0.1, -0.05) is 42.5 Å². The molecule has 4 rings (SSSR count). The summed E-state index contributed by atoms with van der Waals surface area (Å²) in [6.07, 6.45) is 3.16. The quantitative estimate of drug-likeness (QED) is 0.474. The number of anilines is 2. The minimum absolute atomic E-state index is 0.235. The van der Waals surface area contributed by atoms with Crippen LogP contribution in [0.2, 0.25) is 0 Å². The average Bonchev–Trinajstić information content (AvgIpc) is 2.89. The van der Waals surface area contributed by atoms with Crippen LogP contribution in [0, 0.1) is 11.7 Å². The number of carbonyl (C=O) groups is 2. The second-order valence-electron chi connectivity index (χ2n) is 9.49. The molecule has 1 heterocycles. The third-order valence-corrected chi connectivity index (χ3v) is 6.59. The first-order valence-electron chi connectivity index (χ1n) is 12.3. The molecule has 36 heavy (non-hydrogen) atoms. The molecular weight excluding hydrogens is 455 g/mol. The predicted octanol–water partition coefficient (Wildman–Crippen LogP) is 5.31. The van der Waals surface area contributed by atoms with E-state index < -0.39 is 0 Å². The van der Waals surface area contributed by atoms with Gasteiger partial charge in [0.1, 0.15) is 5.82 Å². The molecule has 1 saturated heterocycles. The highest BCUT2D eigenvalue weighted by Gasteiger charge is 2.24. The van der Waals surface area contributed by atoms with Crippen LogP contribution < -0.4 is 15.5 Å². The minimum Gasteiger partial charge on any atom is -0.371 e. The van der Waals surface area contributed by atoms with E-state index in [2.05, 4.69) is 39.8 Å². The Kier molecular flexibility index (Phi) is 8.21.